The molecule has 0 bridgehead atoms. The molecule has 2 aromatic rings. The van der Waals surface area contributed by atoms with Gasteiger partial charge in [-0.2, -0.15) is 5.17 Å². The molecule has 3 N–H and O–H groups in total. The van der Waals surface area contributed by atoms with Crippen molar-refractivity contribution >= 4 is 11.6 Å². The Labute approximate surface area is 194 Å². The van der Waals surface area contributed by atoms with Crippen LogP contribution in [0.1, 0.15) is 19.3 Å². The fourth-order valence-electron chi connectivity index (χ4n) is 4.01. The Morgan fingerprint density at radius 2 is 2.03 bits per heavy atom. The van der Waals surface area contributed by atoms with Gasteiger partial charge in [0.05, 0.1) is 6.54 Å². The van der Waals surface area contributed by atoms with Crippen molar-refractivity contribution in [2.75, 3.05) is 30.3 Å². The highest BCUT2D eigenvalue weighted by atomic mass is 19.4. The average Bonchev–Trinajstić information content (AvgIpc) is 3.17. The Morgan fingerprint density at radius 1 is 1.24 bits per heavy atom. The first-order valence-corrected chi connectivity index (χ1v) is 10.8. The number of halogens is 3. The molecule has 1 unspecified atom stereocenters. The first-order chi connectivity index (χ1) is 16.2. The van der Waals surface area contributed by atoms with Crippen LogP contribution in [0.2, 0.25) is 0 Å². The summed E-state index contributed by atoms with van der Waals surface area (Å²) in [6, 6.07) is 5.45. The van der Waals surface area contributed by atoms with Crippen molar-refractivity contribution in [2.24, 2.45) is 0 Å². The van der Waals surface area contributed by atoms with E-state index in [1.54, 1.807) is 17.7 Å². The Hall–Kier alpha value is -3.06. The molecule has 0 saturated heterocycles. The number of nitrogens with zero attached hydrogens (tertiary/aromatic N) is 5. The van der Waals surface area contributed by atoms with Gasteiger partial charge in [0.1, 0.15) is 11.6 Å². The number of fused-ring (bicyclic) bond motifs is 1. The van der Waals surface area contributed by atoms with Gasteiger partial charge in [0.2, 0.25) is 6.35 Å². The molecule has 34 heavy (non-hydrogen) atoms. The number of allylic oxidation sites excluding steroid dienone is 4. The van der Waals surface area contributed by atoms with Crippen LogP contribution in [0.15, 0.2) is 48.1 Å². The molecule has 0 fully saturated rings. The Kier molecular flexibility index (Phi) is 6.84. The van der Waals surface area contributed by atoms with E-state index in [9.17, 15) is 28.6 Å². The number of hydrogen-bond donors (Lipinski definition) is 3. The molecule has 0 radical (unpaired) electrons. The van der Waals surface area contributed by atoms with Crippen LogP contribution in [0.4, 0.5) is 24.8 Å². The van der Waals surface area contributed by atoms with Gasteiger partial charge in [-0.3, -0.25) is 5.21 Å². The highest BCUT2D eigenvalue weighted by Crippen LogP contribution is 2.40. The molecule has 9 nitrogen and oxygen atoms in total. The molecule has 2 aliphatic rings. The lowest BCUT2D eigenvalue weighted by Gasteiger charge is -2.43. The van der Waals surface area contributed by atoms with Crippen molar-refractivity contribution in [1.82, 2.24) is 14.6 Å². The predicted octanol–water partition coefficient (Wildman–Crippen LogP) is 3.25. The van der Waals surface area contributed by atoms with E-state index in [1.807, 2.05) is 18.2 Å². The van der Waals surface area contributed by atoms with E-state index in [2.05, 4.69) is 9.72 Å². The van der Waals surface area contributed by atoms with Crippen molar-refractivity contribution < 1.29 is 33.3 Å². The third-order valence-electron chi connectivity index (χ3n) is 5.59. The lowest BCUT2D eigenvalue weighted by Crippen LogP contribution is -2.59. The molecule has 12 heteroatoms. The number of benzene rings is 1. The van der Waals surface area contributed by atoms with Crippen LogP contribution in [0.25, 0.3) is 11.4 Å². The Morgan fingerprint density at radius 3 is 2.71 bits per heavy atom. The topological polar surface area (TPSA) is 97.5 Å². The normalized spacial score (nSPS) is 18.8. The van der Waals surface area contributed by atoms with Crippen LogP contribution in [0.5, 0.6) is 5.75 Å². The lowest BCUT2D eigenvalue weighted by atomic mass is 10.1. The van der Waals surface area contributed by atoms with E-state index in [0.29, 0.717) is 17.8 Å². The molecule has 2 heterocycles. The minimum atomic E-state index is -4.84. The summed E-state index contributed by atoms with van der Waals surface area (Å²) >= 11 is 0. The molecular weight excluding hydrogens is 455 g/mol. The van der Waals surface area contributed by atoms with Gasteiger partial charge < -0.3 is 24.4 Å². The van der Waals surface area contributed by atoms with Gasteiger partial charge in [0.25, 0.3) is 0 Å². The third-order valence-corrected chi connectivity index (χ3v) is 5.59. The van der Waals surface area contributed by atoms with Crippen LogP contribution >= 0.6 is 0 Å². The summed E-state index contributed by atoms with van der Waals surface area (Å²) in [6.07, 6.45) is 1.96. The van der Waals surface area contributed by atoms with Crippen LogP contribution in [0, 0.1) is 0 Å². The van der Waals surface area contributed by atoms with Crippen molar-refractivity contribution in [3.05, 3.63) is 48.1 Å². The smallest absolute Gasteiger partial charge is 0.406 e. The summed E-state index contributed by atoms with van der Waals surface area (Å²) in [7, 11) is 1.59. The minimum absolute atomic E-state index is 0.137. The zero-order chi connectivity index (χ0) is 24.5. The van der Waals surface area contributed by atoms with Gasteiger partial charge in [0.15, 0.2) is 11.6 Å². The first-order valence-electron chi connectivity index (χ1n) is 10.8. The fourth-order valence-corrected chi connectivity index (χ4v) is 4.01. The van der Waals surface area contributed by atoms with Crippen LogP contribution in [-0.2, 0) is 6.54 Å². The van der Waals surface area contributed by atoms with Gasteiger partial charge in [-0.25, -0.2) is 4.98 Å². The second-order valence-corrected chi connectivity index (χ2v) is 7.99. The molecule has 0 saturated carbocycles. The van der Waals surface area contributed by atoms with E-state index in [1.165, 1.54) is 28.1 Å². The van der Waals surface area contributed by atoms with Gasteiger partial charge >= 0.3 is 6.36 Å². The number of aliphatic hydroxyl groups is 2. The molecule has 1 aromatic heterocycles. The molecule has 0 amide bonds. The number of ether oxygens (including phenoxy) is 1. The SMILES string of the molecule is CN1c2nc(-c3cccc(OC(F)(F)F)c3)n(CC3=CCCC=C3)c2N(O)N(CCCO)C1O. The monoisotopic (exact) mass is 481 g/mol. The van der Waals surface area contributed by atoms with Crippen molar-refractivity contribution in [3.63, 3.8) is 0 Å². The summed E-state index contributed by atoms with van der Waals surface area (Å²) in [5.74, 6) is 0.378. The molecule has 1 atom stereocenters. The number of rotatable bonds is 7. The number of hydrogen-bond acceptors (Lipinski definition) is 8. The number of alkyl halides is 3. The zero-order valence-corrected chi connectivity index (χ0v) is 18.5. The maximum Gasteiger partial charge on any atom is 0.573 e. The van der Waals surface area contributed by atoms with Crippen LogP contribution < -0.4 is 14.8 Å². The number of hydrazine groups is 1. The van der Waals surface area contributed by atoms with Gasteiger partial charge in [0, 0.05) is 25.8 Å². The second kappa shape index (κ2) is 9.66. The summed E-state index contributed by atoms with van der Waals surface area (Å²) in [5, 5.41) is 33.0. The fraction of sp³-hybridized carbons (Fsp3) is 0.409. The zero-order valence-electron chi connectivity index (χ0n) is 18.5. The number of aliphatic hydroxyl groups excluding tert-OH is 2. The maximum atomic E-state index is 12.8. The quantitative estimate of drug-likeness (QED) is 0.555. The van der Waals surface area contributed by atoms with Crippen molar-refractivity contribution in [3.8, 4) is 17.1 Å². The van der Waals surface area contributed by atoms with Crippen LogP contribution in [-0.4, -0.2) is 62.9 Å². The molecule has 1 aromatic carbocycles. The molecule has 1 aliphatic carbocycles. The average molecular weight is 481 g/mol. The molecule has 1 aliphatic heterocycles. The van der Waals surface area contributed by atoms with E-state index in [4.69, 9.17) is 0 Å². The molecular formula is C22H26F3N5O4. The highest BCUT2D eigenvalue weighted by molar-refractivity contribution is 5.73. The minimum Gasteiger partial charge on any atom is -0.406 e. The van der Waals surface area contributed by atoms with Gasteiger partial charge in [-0.15, -0.1) is 18.2 Å². The van der Waals surface area contributed by atoms with Gasteiger partial charge in [-0.1, -0.05) is 30.4 Å². The summed E-state index contributed by atoms with van der Waals surface area (Å²) < 4.78 is 44.1. The maximum absolute atomic E-state index is 12.8. The Balaban J connectivity index is 1.82. The Bertz CT molecular complexity index is 1080. The second-order valence-electron chi connectivity index (χ2n) is 7.99. The highest BCUT2D eigenvalue weighted by Gasteiger charge is 2.39. The lowest BCUT2D eigenvalue weighted by molar-refractivity contribution is -0.274. The standard InChI is InChI=1S/C22H26F3N5O4/c1-27-19-20(30(33)29(21(27)32)11-6-12-31)28(14-15-7-3-2-4-8-15)18(26-19)16-9-5-10-17(13-16)34-22(23,24)25/h3,5,7-10,13,21,31-33H,2,4,6,11-12,14H2,1H3. The van der Waals surface area contributed by atoms with E-state index < -0.39 is 18.5 Å². The summed E-state index contributed by atoms with van der Waals surface area (Å²) in [6.45, 7) is 0.297. The third kappa shape index (κ3) is 4.89. The van der Waals surface area contributed by atoms with E-state index >= 15 is 0 Å². The van der Waals surface area contributed by atoms with Crippen molar-refractivity contribution in [1.29, 1.82) is 0 Å². The number of imidazole rings is 1. The molecule has 0 spiro atoms. The predicted molar refractivity (Wildman–Crippen MR) is 118 cm³/mol. The molecule has 4 rings (SSSR count). The number of aromatic nitrogens is 2. The van der Waals surface area contributed by atoms with E-state index in [-0.39, 0.29) is 31.3 Å². The number of anilines is 2. The first kappa shape index (κ1) is 24.1. The van der Waals surface area contributed by atoms with Crippen molar-refractivity contribution in [2.45, 2.75) is 38.5 Å². The summed E-state index contributed by atoms with van der Waals surface area (Å²) in [5.41, 5.74) is 1.29. The molecule has 184 valence electrons. The van der Waals surface area contributed by atoms with Gasteiger partial charge in [-0.05, 0) is 37.0 Å². The largest absolute Gasteiger partial charge is 0.573 e. The van der Waals surface area contributed by atoms with E-state index in [0.717, 1.165) is 23.6 Å². The van der Waals surface area contributed by atoms with Crippen LogP contribution in [0.3, 0.4) is 0 Å². The summed E-state index contributed by atoms with van der Waals surface area (Å²) in [4.78, 5) is 6.03.